The van der Waals surface area contributed by atoms with Crippen LogP contribution in [0.25, 0.3) is 0 Å². The molecule has 5 nitrogen and oxygen atoms in total. The Bertz CT molecular complexity index is 780. The van der Waals surface area contributed by atoms with Crippen LogP contribution in [0.3, 0.4) is 0 Å². The Kier molecular flexibility index (Phi) is 8.53. The van der Waals surface area contributed by atoms with Crippen molar-refractivity contribution in [3.63, 3.8) is 0 Å². The van der Waals surface area contributed by atoms with Crippen LogP contribution in [-0.4, -0.2) is 54.0 Å². The van der Waals surface area contributed by atoms with E-state index in [0.717, 1.165) is 38.6 Å². The van der Waals surface area contributed by atoms with E-state index in [1.165, 1.54) is 16.0 Å². The van der Waals surface area contributed by atoms with Gasteiger partial charge in [-0.1, -0.05) is 48.9 Å². The van der Waals surface area contributed by atoms with Crippen LogP contribution in [0.15, 0.2) is 47.0 Å². The first kappa shape index (κ1) is 23.2. The molecule has 0 bridgehead atoms. The molecule has 1 aromatic carbocycles. The Balaban J connectivity index is 0.000000687. The minimum absolute atomic E-state index is 0.0396. The van der Waals surface area contributed by atoms with Crippen molar-refractivity contribution in [2.24, 2.45) is 5.92 Å². The molecule has 0 radical (unpaired) electrons. The monoisotopic (exact) mass is 416 g/mol. The number of hydrogen-bond acceptors (Lipinski definition) is 4. The Morgan fingerprint density at radius 1 is 1.21 bits per heavy atom. The van der Waals surface area contributed by atoms with Crippen molar-refractivity contribution in [2.75, 3.05) is 27.2 Å². The number of carbonyl (C=O) groups excluding carboxylic acids is 1. The molecule has 1 heterocycles. The van der Waals surface area contributed by atoms with E-state index in [-0.39, 0.29) is 17.1 Å². The zero-order chi connectivity index (χ0) is 21.6. The average molecular weight is 417 g/mol. The Labute approximate surface area is 178 Å². The lowest BCUT2D eigenvalue weighted by atomic mass is 9.97. The van der Waals surface area contributed by atoms with E-state index >= 15 is 0 Å². The molecular weight excluding hydrogens is 384 g/mol. The number of benzene rings is 1. The molecular formula is C23H32N2O3S. The predicted octanol–water partition coefficient (Wildman–Crippen LogP) is 4.46. The van der Waals surface area contributed by atoms with Crippen LogP contribution in [0.5, 0.6) is 0 Å². The van der Waals surface area contributed by atoms with Gasteiger partial charge in [-0.15, -0.1) is 11.8 Å². The number of allylic oxidation sites excluding steroid dienone is 2. The molecule has 6 heteroatoms. The minimum Gasteiger partial charge on any atom is -0.481 e. The first-order valence-electron chi connectivity index (χ1n) is 10.00. The van der Waals surface area contributed by atoms with Gasteiger partial charge in [0.15, 0.2) is 0 Å². The number of thioether (sulfide) groups is 1. The number of nitrogens with zero attached hydrogens (tertiary/aromatic N) is 2. The molecule has 0 saturated carbocycles. The van der Waals surface area contributed by atoms with E-state index in [9.17, 15) is 4.79 Å². The standard InChI is InChI=1S/C21H28N2OS.C2H4O2/c1-15-9-11-17(12-10-15)20-16(2)21(24)23(14-13-22(3)4)18-7-5-6-8-19(18)25-20;1-2(3)4/h7-12,16,20H,5-6,13-14H2,1-4H3;1H3,(H,3,4)/t16?,20-;/m0./s1. The van der Waals surface area contributed by atoms with E-state index in [1.54, 1.807) is 0 Å². The molecule has 29 heavy (non-hydrogen) atoms. The lowest BCUT2D eigenvalue weighted by molar-refractivity contribution is -0.134. The number of likely N-dealkylation sites (N-methyl/N-ethyl adjacent to an activating group) is 1. The summed E-state index contributed by atoms with van der Waals surface area (Å²) in [5, 5.41) is 7.59. The summed E-state index contributed by atoms with van der Waals surface area (Å²) in [7, 11) is 4.11. The quantitative estimate of drug-likeness (QED) is 0.785. The van der Waals surface area contributed by atoms with E-state index < -0.39 is 5.97 Å². The smallest absolute Gasteiger partial charge is 0.300 e. The topological polar surface area (TPSA) is 60.9 Å². The Morgan fingerprint density at radius 3 is 2.38 bits per heavy atom. The zero-order valence-corrected chi connectivity index (χ0v) is 18.8. The van der Waals surface area contributed by atoms with Crippen LogP contribution >= 0.6 is 11.8 Å². The third-order valence-corrected chi connectivity index (χ3v) is 6.48. The molecule has 1 amide bonds. The third kappa shape index (κ3) is 6.47. The predicted molar refractivity (Wildman–Crippen MR) is 120 cm³/mol. The number of hydrogen-bond donors (Lipinski definition) is 1. The minimum atomic E-state index is -0.833. The van der Waals surface area contributed by atoms with Gasteiger partial charge in [-0.2, -0.15) is 0 Å². The maximum absolute atomic E-state index is 13.3. The number of carboxylic acids is 1. The van der Waals surface area contributed by atoms with Gasteiger partial charge in [-0.3, -0.25) is 9.59 Å². The first-order valence-corrected chi connectivity index (χ1v) is 10.9. The Hall–Kier alpha value is -2.05. The second kappa shape index (κ2) is 10.6. The van der Waals surface area contributed by atoms with Gasteiger partial charge < -0.3 is 14.9 Å². The van der Waals surface area contributed by atoms with Crippen LogP contribution in [-0.2, 0) is 9.59 Å². The summed E-state index contributed by atoms with van der Waals surface area (Å²) in [6, 6.07) is 8.65. The third-order valence-electron chi connectivity index (χ3n) is 4.92. The Morgan fingerprint density at radius 2 is 1.79 bits per heavy atom. The summed E-state index contributed by atoms with van der Waals surface area (Å²) < 4.78 is 0. The van der Waals surface area contributed by atoms with Gasteiger partial charge in [0.1, 0.15) is 0 Å². The highest BCUT2D eigenvalue weighted by Crippen LogP contribution is 2.48. The second-order valence-electron chi connectivity index (χ2n) is 7.79. The summed E-state index contributed by atoms with van der Waals surface area (Å²) >= 11 is 1.86. The molecule has 1 saturated heterocycles. The molecule has 1 N–H and O–H groups in total. The van der Waals surface area contributed by atoms with Gasteiger partial charge >= 0.3 is 0 Å². The van der Waals surface area contributed by atoms with Crippen molar-refractivity contribution in [3.05, 3.63) is 58.1 Å². The summed E-state index contributed by atoms with van der Waals surface area (Å²) in [6.45, 7) is 6.90. The van der Waals surface area contributed by atoms with E-state index in [1.807, 2.05) is 16.7 Å². The highest BCUT2D eigenvalue weighted by atomic mass is 32.2. The van der Waals surface area contributed by atoms with Gasteiger partial charge in [-0.05, 0) is 39.4 Å². The fourth-order valence-corrected chi connectivity index (χ4v) is 4.78. The van der Waals surface area contributed by atoms with E-state index in [0.29, 0.717) is 0 Å². The van der Waals surface area contributed by atoms with Crippen LogP contribution in [0, 0.1) is 12.8 Å². The molecule has 1 unspecified atom stereocenters. The number of aryl methyl sites for hydroxylation is 1. The number of amides is 1. The van der Waals surface area contributed by atoms with E-state index in [4.69, 9.17) is 9.90 Å². The van der Waals surface area contributed by atoms with Crippen molar-refractivity contribution >= 4 is 23.6 Å². The summed E-state index contributed by atoms with van der Waals surface area (Å²) in [4.78, 5) is 27.7. The van der Waals surface area contributed by atoms with E-state index in [2.05, 4.69) is 69.3 Å². The van der Waals surface area contributed by atoms with Crippen molar-refractivity contribution in [3.8, 4) is 0 Å². The van der Waals surface area contributed by atoms with Crippen molar-refractivity contribution < 1.29 is 14.7 Å². The fraction of sp³-hybridized carbons (Fsp3) is 0.478. The van der Waals surface area contributed by atoms with Crippen molar-refractivity contribution in [2.45, 2.75) is 38.9 Å². The van der Waals surface area contributed by atoms with Gasteiger partial charge in [-0.25, -0.2) is 0 Å². The molecule has 1 aliphatic heterocycles. The van der Waals surface area contributed by atoms with Gasteiger partial charge in [0, 0.05) is 30.2 Å². The zero-order valence-electron chi connectivity index (χ0n) is 18.0. The highest BCUT2D eigenvalue weighted by molar-refractivity contribution is 8.03. The summed E-state index contributed by atoms with van der Waals surface area (Å²) in [5.74, 6) is -0.626. The average Bonchev–Trinajstić information content (AvgIpc) is 2.76. The normalized spacial score (nSPS) is 21.4. The number of rotatable bonds is 4. The molecule has 0 aromatic heterocycles. The number of carbonyl (C=O) groups is 2. The first-order chi connectivity index (χ1) is 13.7. The van der Waals surface area contributed by atoms with Crippen LogP contribution in [0.2, 0.25) is 0 Å². The second-order valence-corrected chi connectivity index (χ2v) is 8.97. The summed E-state index contributed by atoms with van der Waals surface area (Å²) in [5.41, 5.74) is 3.63. The van der Waals surface area contributed by atoms with Crippen LogP contribution < -0.4 is 0 Å². The summed E-state index contributed by atoms with van der Waals surface area (Å²) in [6.07, 6.45) is 6.65. The lowest BCUT2D eigenvalue weighted by Crippen LogP contribution is -2.39. The maximum Gasteiger partial charge on any atom is 0.300 e. The van der Waals surface area contributed by atoms with Gasteiger partial charge in [0.2, 0.25) is 5.91 Å². The molecule has 3 rings (SSSR count). The highest BCUT2D eigenvalue weighted by Gasteiger charge is 2.37. The van der Waals surface area contributed by atoms with Crippen molar-refractivity contribution in [1.82, 2.24) is 9.80 Å². The molecule has 158 valence electrons. The molecule has 2 atom stereocenters. The van der Waals surface area contributed by atoms with Crippen LogP contribution in [0.4, 0.5) is 0 Å². The SMILES string of the molecule is CC(=O)O.Cc1ccc([C@H]2SC3=CCCC=C3N(CCN(C)C)C(=O)C2C)cc1. The molecule has 1 aromatic rings. The fourth-order valence-electron chi connectivity index (χ4n) is 3.37. The van der Waals surface area contributed by atoms with Crippen LogP contribution in [0.1, 0.15) is 43.1 Å². The molecule has 2 aliphatic rings. The lowest BCUT2D eigenvalue weighted by Gasteiger charge is -2.28. The molecule has 1 fully saturated rings. The number of fused-ring (bicyclic) bond motifs is 1. The molecule has 1 aliphatic carbocycles. The number of aliphatic carboxylic acids is 1. The molecule has 0 spiro atoms. The van der Waals surface area contributed by atoms with Gasteiger partial charge in [0.25, 0.3) is 5.97 Å². The van der Waals surface area contributed by atoms with Crippen molar-refractivity contribution in [1.29, 1.82) is 0 Å². The largest absolute Gasteiger partial charge is 0.481 e. The number of carboxylic acid groups (broad SMARTS) is 1. The maximum atomic E-state index is 13.3. The van der Waals surface area contributed by atoms with Gasteiger partial charge in [0.05, 0.1) is 11.6 Å².